The second kappa shape index (κ2) is 6.05. The highest BCUT2D eigenvalue weighted by molar-refractivity contribution is 9.10. The van der Waals surface area contributed by atoms with Gasteiger partial charge in [-0.1, -0.05) is 52.3 Å². The molecule has 0 radical (unpaired) electrons. The number of rotatable bonds is 2. The molecule has 3 nitrogen and oxygen atoms in total. The van der Waals surface area contributed by atoms with Crippen molar-refractivity contribution in [2.75, 3.05) is 0 Å². The first-order valence-electron chi connectivity index (χ1n) is 7.21. The molecule has 0 aromatic heterocycles. The summed E-state index contributed by atoms with van der Waals surface area (Å²) < 4.78 is 0.984. The Morgan fingerprint density at radius 3 is 2.50 bits per heavy atom. The molecule has 0 saturated carbocycles. The summed E-state index contributed by atoms with van der Waals surface area (Å²) in [5, 5.41) is 2.48. The molecule has 2 amide bonds. The summed E-state index contributed by atoms with van der Waals surface area (Å²) in [5.74, 6) is -0.879. The van der Waals surface area contributed by atoms with Crippen LogP contribution in [0.15, 0.2) is 53.0 Å². The number of benzene rings is 2. The van der Waals surface area contributed by atoms with Crippen LogP contribution in [-0.2, 0) is 9.59 Å². The van der Waals surface area contributed by atoms with E-state index in [1.807, 2.05) is 55.5 Å². The van der Waals surface area contributed by atoms with Crippen molar-refractivity contribution in [3.8, 4) is 0 Å². The van der Waals surface area contributed by atoms with Gasteiger partial charge in [-0.15, -0.1) is 0 Å². The van der Waals surface area contributed by atoms with Gasteiger partial charge in [-0.2, -0.15) is 0 Å². The number of hydrogen-bond acceptors (Lipinski definition) is 2. The van der Waals surface area contributed by atoms with Crippen LogP contribution in [0, 0.1) is 6.92 Å². The van der Waals surface area contributed by atoms with Crippen LogP contribution in [0.4, 0.5) is 0 Å². The Labute approximate surface area is 137 Å². The molecule has 4 heteroatoms. The van der Waals surface area contributed by atoms with Crippen LogP contribution < -0.4 is 5.32 Å². The van der Waals surface area contributed by atoms with Crippen LogP contribution in [0.25, 0.3) is 0 Å². The molecular formula is C18H16BrNO2. The van der Waals surface area contributed by atoms with Gasteiger partial charge in [0, 0.05) is 16.8 Å². The third kappa shape index (κ3) is 2.83. The van der Waals surface area contributed by atoms with Crippen LogP contribution in [0.3, 0.4) is 0 Å². The number of carbonyl (C=O) groups is 2. The number of aryl methyl sites for hydroxylation is 1. The molecule has 1 N–H and O–H groups in total. The fraction of sp³-hybridized carbons (Fsp3) is 0.222. The lowest BCUT2D eigenvalue weighted by Crippen LogP contribution is -2.43. The lowest BCUT2D eigenvalue weighted by Gasteiger charge is -2.31. The highest BCUT2D eigenvalue weighted by Gasteiger charge is 2.38. The highest BCUT2D eigenvalue weighted by atomic mass is 79.9. The van der Waals surface area contributed by atoms with E-state index in [1.54, 1.807) is 0 Å². The topological polar surface area (TPSA) is 46.2 Å². The van der Waals surface area contributed by atoms with Crippen molar-refractivity contribution in [1.82, 2.24) is 5.32 Å². The molecule has 0 aliphatic carbocycles. The fourth-order valence-electron chi connectivity index (χ4n) is 3.12. The zero-order valence-electron chi connectivity index (χ0n) is 12.2. The molecular weight excluding hydrogens is 342 g/mol. The second-order valence-electron chi connectivity index (χ2n) is 5.61. The van der Waals surface area contributed by atoms with Gasteiger partial charge >= 0.3 is 0 Å². The molecule has 0 unspecified atom stereocenters. The zero-order valence-corrected chi connectivity index (χ0v) is 13.8. The average Bonchev–Trinajstić information content (AvgIpc) is 2.49. The predicted molar refractivity (Wildman–Crippen MR) is 88.6 cm³/mol. The van der Waals surface area contributed by atoms with E-state index < -0.39 is 0 Å². The van der Waals surface area contributed by atoms with Crippen molar-refractivity contribution in [2.45, 2.75) is 25.2 Å². The van der Waals surface area contributed by atoms with Gasteiger partial charge in [-0.3, -0.25) is 14.9 Å². The van der Waals surface area contributed by atoms with Crippen LogP contribution in [0.1, 0.15) is 34.9 Å². The average molecular weight is 358 g/mol. The van der Waals surface area contributed by atoms with Crippen molar-refractivity contribution < 1.29 is 9.59 Å². The Hall–Kier alpha value is -1.94. The maximum absolute atomic E-state index is 12.5. The van der Waals surface area contributed by atoms with E-state index in [2.05, 4.69) is 21.2 Å². The minimum atomic E-state index is -0.340. The minimum Gasteiger partial charge on any atom is -0.296 e. The number of imide groups is 1. The summed E-state index contributed by atoms with van der Waals surface area (Å²) in [5.41, 5.74) is 3.05. The summed E-state index contributed by atoms with van der Waals surface area (Å²) >= 11 is 3.45. The lowest BCUT2D eigenvalue weighted by molar-refractivity contribution is -0.135. The Morgan fingerprint density at radius 1 is 1.09 bits per heavy atom. The largest absolute Gasteiger partial charge is 0.296 e. The number of carbonyl (C=O) groups excluding carboxylic acids is 2. The molecule has 112 valence electrons. The Morgan fingerprint density at radius 2 is 1.82 bits per heavy atom. The van der Waals surface area contributed by atoms with E-state index in [-0.39, 0.29) is 23.7 Å². The zero-order chi connectivity index (χ0) is 15.7. The van der Waals surface area contributed by atoms with Crippen molar-refractivity contribution in [3.63, 3.8) is 0 Å². The van der Waals surface area contributed by atoms with Gasteiger partial charge in [-0.25, -0.2) is 0 Å². The smallest absolute Gasteiger partial charge is 0.234 e. The van der Waals surface area contributed by atoms with Crippen LogP contribution in [0.2, 0.25) is 0 Å². The summed E-state index contributed by atoms with van der Waals surface area (Å²) in [7, 11) is 0. The maximum atomic E-state index is 12.5. The molecule has 2 aromatic rings. The third-order valence-corrected chi connectivity index (χ3v) is 4.64. The molecule has 2 atom stereocenters. The molecule has 1 fully saturated rings. The summed E-state index contributed by atoms with van der Waals surface area (Å²) in [6.45, 7) is 1.99. The summed E-state index contributed by atoms with van der Waals surface area (Å²) in [6, 6.07) is 15.7. The van der Waals surface area contributed by atoms with Gasteiger partial charge in [0.2, 0.25) is 11.8 Å². The maximum Gasteiger partial charge on any atom is 0.234 e. The monoisotopic (exact) mass is 357 g/mol. The number of piperidine rings is 1. The van der Waals surface area contributed by atoms with Crippen LogP contribution in [-0.4, -0.2) is 11.8 Å². The molecule has 1 aliphatic heterocycles. The van der Waals surface area contributed by atoms with E-state index in [0.29, 0.717) is 6.42 Å². The van der Waals surface area contributed by atoms with Crippen molar-refractivity contribution >= 4 is 27.7 Å². The fourth-order valence-corrected chi connectivity index (χ4v) is 3.60. The Balaban J connectivity index is 2.08. The van der Waals surface area contributed by atoms with Gasteiger partial charge in [0.15, 0.2) is 0 Å². The van der Waals surface area contributed by atoms with Crippen molar-refractivity contribution in [1.29, 1.82) is 0 Å². The molecule has 1 aliphatic rings. The molecule has 22 heavy (non-hydrogen) atoms. The summed E-state index contributed by atoms with van der Waals surface area (Å²) in [6.07, 6.45) is 0.329. The quantitative estimate of drug-likeness (QED) is 0.833. The highest BCUT2D eigenvalue weighted by Crippen LogP contribution is 2.39. The first-order chi connectivity index (χ1) is 10.6. The first-order valence-corrected chi connectivity index (χ1v) is 8.00. The standard InChI is InChI=1S/C18H16BrNO2/c1-11-9-13(19)7-8-14(11)17-15(10-16(21)20-18(17)22)12-5-3-2-4-6-12/h2-9,15,17H,10H2,1H3,(H,20,21,22)/t15-,17-/m0/s1. The van der Waals surface area contributed by atoms with Crippen molar-refractivity contribution in [3.05, 3.63) is 69.7 Å². The van der Waals surface area contributed by atoms with E-state index in [4.69, 9.17) is 0 Å². The van der Waals surface area contributed by atoms with Gasteiger partial charge in [0.25, 0.3) is 0 Å². The third-order valence-electron chi connectivity index (χ3n) is 4.15. The molecule has 0 spiro atoms. The minimum absolute atomic E-state index is 0.123. The van der Waals surface area contributed by atoms with Gasteiger partial charge in [0.1, 0.15) is 0 Å². The number of nitrogens with one attached hydrogen (secondary N) is 1. The van der Waals surface area contributed by atoms with E-state index >= 15 is 0 Å². The lowest BCUT2D eigenvalue weighted by atomic mass is 9.75. The predicted octanol–water partition coefficient (Wildman–Crippen LogP) is 3.67. The van der Waals surface area contributed by atoms with Gasteiger partial charge in [0.05, 0.1) is 5.92 Å². The Bertz CT molecular complexity index is 727. The number of halogens is 1. The molecule has 1 saturated heterocycles. The van der Waals surface area contributed by atoms with E-state index in [9.17, 15) is 9.59 Å². The molecule has 3 rings (SSSR count). The number of amides is 2. The van der Waals surface area contributed by atoms with Crippen LogP contribution in [0.5, 0.6) is 0 Å². The SMILES string of the molecule is Cc1cc(Br)ccc1[C@@H]1C(=O)NC(=O)C[C@H]1c1ccccc1. The summed E-state index contributed by atoms with van der Waals surface area (Å²) in [4.78, 5) is 24.3. The van der Waals surface area contributed by atoms with Crippen LogP contribution >= 0.6 is 15.9 Å². The van der Waals surface area contributed by atoms with Gasteiger partial charge in [-0.05, 0) is 35.7 Å². The van der Waals surface area contributed by atoms with Crippen molar-refractivity contribution in [2.24, 2.45) is 0 Å². The number of hydrogen-bond donors (Lipinski definition) is 1. The normalized spacial score (nSPS) is 21.5. The first kappa shape index (κ1) is 15.0. The van der Waals surface area contributed by atoms with Gasteiger partial charge < -0.3 is 0 Å². The van der Waals surface area contributed by atoms with E-state index in [1.165, 1.54) is 0 Å². The molecule has 2 aromatic carbocycles. The second-order valence-corrected chi connectivity index (χ2v) is 6.53. The van der Waals surface area contributed by atoms with E-state index in [0.717, 1.165) is 21.2 Å². The molecule has 0 bridgehead atoms. The molecule has 1 heterocycles. The Kier molecular flexibility index (Phi) is 4.12.